The van der Waals surface area contributed by atoms with Gasteiger partial charge in [-0.1, -0.05) is 22.0 Å². The van der Waals surface area contributed by atoms with Gasteiger partial charge in [0.1, 0.15) is 0 Å². The Morgan fingerprint density at radius 2 is 2.11 bits per heavy atom. The Labute approximate surface area is 115 Å². The van der Waals surface area contributed by atoms with Gasteiger partial charge in [-0.2, -0.15) is 8.78 Å². The SMILES string of the molecule is COCc1c(Br)cccc1NC(=O)C(F)(F)C(F)F. The van der Waals surface area contributed by atoms with Crippen molar-refractivity contribution in [1.82, 2.24) is 0 Å². The summed E-state index contributed by atoms with van der Waals surface area (Å²) in [6.45, 7) is 0.0251. The van der Waals surface area contributed by atoms with Crippen LogP contribution in [0, 0.1) is 0 Å². The third-order valence-corrected chi connectivity index (χ3v) is 2.98. The minimum absolute atomic E-state index is 0.0125. The van der Waals surface area contributed by atoms with Crippen LogP contribution in [0.3, 0.4) is 0 Å². The van der Waals surface area contributed by atoms with Crippen molar-refractivity contribution in [3.05, 3.63) is 28.2 Å². The summed E-state index contributed by atoms with van der Waals surface area (Å²) in [7, 11) is 1.37. The molecule has 0 unspecified atom stereocenters. The molecule has 0 aliphatic heterocycles. The first-order valence-electron chi connectivity index (χ1n) is 5.04. The molecular formula is C11H10BrF4NO2. The van der Waals surface area contributed by atoms with E-state index < -0.39 is 18.3 Å². The molecule has 0 aliphatic carbocycles. The van der Waals surface area contributed by atoms with E-state index in [-0.39, 0.29) is 12.3 Å². The van der Waals surface area contributed by atoms with Crippen LogP contribution in [0.5, 0.6) is 0 Å². The van der Waals surface area contributed by atoms with Gasteiger partial charge >= 0.3 is 18.3 Å². The van der Waals surface area contributed by atoms with Gasteiger partial charge in [-0.25, -0.2) is 8.78 Å². The summed E-state index contributed by atoms with van der Waals surface area (Å²) in [6, 6.07) is 4.40. The van der Waals surface area contributed by atoms with Crippen LogP contribution in [-0.2, 0) is 16.1 Å². The lowest BCUT2D eigenvalue weighted by Crippen LogP contribution is -2.41. The molecule has 0 atom stereocenters. The van der Waals surface area contributed by atoms with E-state index in [1.807, 2.05) is 0 Å². The molecule has 106 valence electrons. The molecule has 1 aromatic rings. The number of alkyl halides is 4. The normalized spacial score (nSPS) is 11.7. The average Bonchev–Trinajstić information content (AvgIpc) is 2.33. The molecule has 8 heteroatoms. The van der Waals surface area contributed by atoms with Gasteiger partial charge < -0.3 is 10.1 Å². The maximum Gasteiger partial charge on any atom is 0.383 e. The fourth-order valence-electron chi connectivity index (χ4n) is 1.27. The molecule has 3 nitrogen and oxygen atoms in total. The Kier molecular flexibility index (Phi) is 5.30. The lowest BCUT2D eigenvalue weighted by atomic mass is 10.2. The highest BCUT2D eigenvalue weighted by molar-refractivity contribution is 9.10. The molecule has 0 saturated carbocycles. The van der Waals surface area contributed by atoms with E-state index in [0.29, 0.717) is 10.0 Å². The summed E-state index contributed by atoms with van der Waals surface area (Å²) in [6.07, 6.45) is -4.06. The fraction of sp³-hybridized carbons (Fsp3) is 0.364. The number of anilines is 1. The molecule has 0 spiro atoms. The van der Waals surface area contributed by atoms with E-state index in [0.717, 1.165) is 0 Å². The van der Waals surface area contributed by atoms with Crippen LogP contribution in [0.4, 0.5) is 23.2 Å². The number of halogens is 5. The highest BCUT2D eigenvalue weighted by atomic mass is 79.9. The van der Waals surface area contributed by atoms with Crippen LogP contribution in [0.2, 0.25) is 0 Å². The summed E-state index contributed by atoms with van der Waals surface area (Å²) >= 11 is 3.15. The van der Waals surface area contributed by atoms with Crippen LogP contribution in [0.1, 0.15) is 5.56 Å². The van der Waals surface area contributed by atoms with Crippen molar-refractivity contribution in [1.29, 1.82) is 0 Å². The van der Waals surface area contributed by atoms with Crippen molar-refractivity contribution in [3.63, 3.8) is 0 Å². The van der Waals surface area contributed by atoms with Gasteiger partial charge in [-0.05, 0) is 12.1 Å². The van der Waals surface area contributed by atoms with Crippen molar-refractivity contribution in [2.45, 2.75) is 19.0 Å². The topological polar surface area (TPSA) is 38.3 Å². The number of hydrogen-bond acceptors (Lipinski definition) is 2. The van der Waals surface area contributed by atoms with Gasteiger partial charge in [0.15, 0.2) is 0 Å². The minimum Gasteiger partial charge on any atom is -0.380 e. The maximum absolute atomic E-state index is 12.8. The van der Waals surface area contributed by atoms with Crippen molar-refractivity contribution in [2.75, 3.05) is 12.4 Å². The fourth-order valence-corrected chi connectivity index (χ4v) is 1.75. The Morgan fingerprint density at radius 1 is 1.47 bits per heavy atom. The summed E-state index contributed by atoms with van der Waals surface area (Å²) in [5.41, 5.74) is 0.366. The molecule has 0 bridgehead atoms. The number of hydrogen-bond donors (Lipinski definition) is 1. The zero-order chi connectivity index (χ0) is 14.6. The lowest BCUT2D eigenvalue weighted by Gasteiger charge is -2.17. The molecule has 0 heterocycles. The zero-order valence-corrected chi connectivity index (χ0v) is 11.3. The number of rotatable bonds is 5. The second-order valence-corrected chi connectivity index (χ2v) is 4.43. The first kappa shape index (κ1) is 15.9. The standard InChI is InChI=1S/C11H10BrF4NO2/c1-19-5-6-7(12)3-2-4-8(6)17-10(18)11(15,16)9(13)14/h2-4,9H,5H2,1H3,(H,17,18). The summed E-state index contributed by atoms with van der Waals surface area (Å²) < 4.78 is 55.1. The Hall–Kier alpha value is -1.15. The lowest BCUT2D eigenvalue weighted by molar-refractivity contribution is -0.163. The first-order chi connectivity index (χ1) is 8.80. The number of carbonyl (C=O) groups excluding carboxylic acids is 1. The maximum atomic E-state index is 12.8. The summed E-state index contributed by atoms with van der Waals surface area (Å²) in [5, 5.41) is 1.78. The predicted molar refractivity (Wildman–Crippen MR) is 64.4 cm³/mol. The highest BCUT2D eigenvalue weighted by Crippen LogP contribution is 2.29. The molecule has 0 fully saturated rings. The van der Waals surface area contributed by atoms with Crippen LogP contribution < -0.4 is 5.32 Å². The van der Waals surface area contributed by atoms with Crippen LogP contribution in [-0.4, -0.2) is 25.4 Å². The Morgan fingerprint density at radius 3 is 2.63 bits per heavy atom. The molecule has 0 radical (unpaired) electrons. The van der Waals surface area contributed by atoms with Gasteiger partial charge in [0.25, 0.3) is 0 Å². The van der Waals surface area contributed by atoms with E-state index in [1.165, 1.54) is 19.2 Å². The average molecular weight is 344 g/mol. The molecule has 1 amide bonds. The van der Waals surface area contributed by atoms with E-state index in [2.05, 4.69) is 15.9 Å². The number of methoxy groups -OCH3 is 1. The molecule has 0 aromatic heterocycles. The number of nitrogens with one attached hydrogen (secondary N) is 1. The number of benzene rings is 1. The highest BCUT2D eigenvalue weighted by Gasteiger charge is 2.49. The molecular weight excluding hydrogens is 334 g/mol. The van der Waals surface area contributed by atoms with E-state index in [4.69, 9.17) is 4.74 Å². The van der Waals surface area contributed by atoms with Gasteiger partial charge in [0, 0.05) is 22.8 Å². The van der Waals surface area contributed by atoms with E-state index >= 15 is 0 Å². The summed E-state index contributed by atoms with van der Waals surface area (Å²) in [5.74, 6) is -6.80. The quantitative estimate of drug-likeness (QED) is 0.832. The molecule has 1 N–H and O–H groups in total. The Bertz CT molecular complexity index is 468. The number of amides is 1. The second kappa shape index (κ2) is 6.33. The minimum atomic E-state index is -4.74. The van der Waals surface area contributed by atoms with Crippen molar-refractivity contribution in [3.8, 4) is 0 Å². The number of carbonyl (C=O) groups is 1. The van der Waals surface area contributed by atoms with Crippen LogP contribution in [0.15, 0.2) is 22.7 Å². The monoisotopic (exact) mass is 343 g/mol. The van der Waals surface area contributed by atoms with Crippen molar-refractivity contribution in [2.24, 2.45) is 0 Å². The molecule has 19 heavy (non-hydrogen) atoms. The van der Waals surface area contributed by atoms with Gasteiger partial charge in [0.05, 0.1) is 6.61 Å². The van der Waals surface area contributed by atoms with Gasteiger partial charge in [0.2, 0.25) is 0 Å². The van der Waals surface area contributed by atoms with Crippen LogP contribution in [0.25, 0.3) is 0 Å². The third-order valence-electron chi connectivity index (χ3n) is 2.23. The van der Waals surface area contributed by atoms with Crippen molar-refractivity contribution >= 4 is 27.5 Å². The predicted octanol–water partition coefficient (Wildman–Crippen LogP) is 3.43. The third kappa shape index (κ3) is 3.66. The smallest absolute Gasteiger partial charge is 0.380 e. The number of ether oxygens (including phenoxy) is 1. The van der Waals surface area contributed by atoms with Gasteiger partial charge in [-0.3, -0.25) is 4.79 Å². The van der Waals surface area contributed by atoms with E-state index in [1.54, 1.807) is 11.4 Å². The van der Waals surface area contributed by atoms with Crippen molar-refractivity contribution < 1.29 is 27.1 Å². The van der Waals surface area contributed by atoms with Gasteiger partial charge in [-0.15, -0.1) is 0 Å². The van der Waals surface area contributed by atoms with Crippen LogP contribution >= 0.6 is 15.9 Å². The Balaban J connectivity index is 3.00. The van der Waals surface area contributed by atoms with E-state index in [9.17, 15) is 22.4 Å². The largest absolute Gasteiger partial charge is 0.383 e. The molecule has 0 saturated heterocycles. The molecule has 1 aromatic carbocycles. The second-order valence-electron chi connectivity index (χ2n) is 3.58. The zero-order valence-electron chi connectivity index (χ0n) is 9.72. The first-order valence-corrected chi connectivity index (χ1v) is 5.83. The molecule has 0 aliphatic rings. The summed E-state index contributed by atoms with van der Waals surface area (Å²) in [4.78, 5) is 11.1. The molecule has 1 rings (SSSR count).